The van der Waals surface area contributed by atoms with E-state index < -0.39 is 108 Å². The topological polar surface area (TPSA) is 324 Å². The van der Waals surface area contributed by atoms with Crippen molar-refractivity contribution in [2.24, 2.45) is 40.6 Å². The van der Waals surface area contributed by atoms with Crippen molar-refractivity contribution in [2.45, 2.75) is 199 Å². The fourth-order valence-corrected chi connectivity index (χ4v) is 12.4. The van der Waals surface area contributed by atoms with Crippen molar-refractivity contribution in [1.29, 1.82) is 0 Å². The van der Waals surface area contributed by atoms with E-state index in [0.29, 0.717) is 150 Å². The highest BCUT2D eigenvalue weighted by Crippen LogP contribution is 2.39. The number of alkyl carbamates (subject to hydrolysis) is 1. The molecule has 25 heteroatoms. The van der Waals surface area contributed by atoms with Gasteiger partial charge in [0.25, 0.3) is 11.7 Å². The SMILES string of the molecule is CCOCCOCCOCCOCCOCCOCCOCCNC(=O)O[C@@H]1CC[C@@H](C[C@@H](C)[C@@H]2CC(N=[N+]=[N-])[C@H](C)/C=C(\C)[C@@H](O)[C@@H](O)C(=O)[C@H](C)C[C@H](C)/C=C/C=C/C=C(\C)C(OC)C[C@@H]3CC[C@@H](C)[C@@](O)(O3)C(=O)C(=O)N3CCCC[C@H]3C(O)O2)C[C@H]1OC. The number of amides is 2. The van der Waals surface area contributed by atoms with E-state index >= 15 is 0 Å². The second-order valence-electron chi connectivity index (χ2n) is 25.1. The zero-order valence-electron chi connectivity index (χ0n) is 56.6. The molecule has 25 nitrogen and oxygen atoms in total. The number of azide groups is 1. The maximum absolute atomic E-state index is 14.6. The number of aliphatic hydroxyl groups is 4. The summed E-state index contributed by atoms with van der Waals surface area (Å²) in [6.45, 7) is 21.2. The number of rotatable bonds is 29. The minimum atomic E-state index is -2.45. The number of nitrogens with one attached hydrogen (secondary N) is 1. The Morgan fingerprint density at radius 1 is 0.750 bits per heavy atom. The maximum atomic E-state index is 14.6. The molecule has 2 bridgehead atoms. The first-order valence-corrected chi connectivity index (χ1v) is 33.5. The summed E-state index contributed by atoms with van der Waals surface area (Å²) in [5, 5.41) is 54.0. The Kier molecular flexibility index (Phi) is 38.8. The molecule has 2 saturated heterocycles. The van der Waals surface area contributed by atoms with Crippen LogP contribution in [0.3, 0.4) is 0 Å². The lowest BCUT2D eigenvalue weighted by atomic mass is 9.78. The van der Waals surface area contributed by atoms with Gasteiger partial charge in [-0.05, 0) is 132 Å². The van der Waals surface area contributed by atoms with Crippen molar-refractivity contribution in [1.82, 2.24) is 10.2 Å². The summed E-state index contributed by atoms with van der Waals surface area (Å²) in [7, 11) is 3.13. The molecule has 4 rings (SSSR count). The van der Waals surface area contributed by atoms with E-state index in [1.807, 2.05) is 58.1 Å². The van der Waals surface area contributed by atoms with Crippen LogP contribution in [0.2, 0.25) is 0 Å². The summed E-state index contributed by atoms with van der Waals surface area (Å²) in [6, 6.07) is -1.85. The third kappa shape index (κ3) is 27.8. The van der Waals surface area contributed by atoms with Crippen molar-refractivity contribution in [3.63, 3.8) is 0 Å². The first-order chi connectivity index (χ1) is 44.2. The number of nitrogens with zero attached hydrogens (tertiary/aromatic N) is 4. The maximum Gasteiger partial charge on any atom is 0.407 e. The average Bonchev–Trinajstić information content (AvgIpc) is 0.788. The zero-order valence-corrected chi connectivity index (χ0v) is 56.6. The Labute approximate surface area is 546 Å². The molecule has 92 heavy (non-hydrogen) atoms. The van der Waals surface area contributed by atoms with E-state index in [1.54, 1.807) is 48.0 Å². The van der Waals surface area contributed by atoms with E-state index in [2.05, 4.69) is 15.3 Å². The highest BCUT2D eigenvalue weighted by molar-refractivity contribution is 6.38. The van der Waals surface area contributed by atoms with E-state index in [1.165, 1.54) is 4.90 Å². The largest absolute Gasteiger partial charge is 0.443 e. The van der Waals surface area contributed by atoms with Crippen molar-refractivity contribution >= 4 is 23.6 Å². The van der Waals surface area contributed by atoms with Crippen LogP contribution in [0.1, 0.15) is 132 Å². The van der Waals surface area contributed by atoms with Gasteiger partial charge in [-0.3, -0.25) is 14.4 Å². The Morgan fingerprint density at radius 2 is 1.37 bits per heavy atom. The lowest BCUT2D eigenvalue weighted by Crippen LogP contribution is -2.61. The second kappa shape index (κ2) is 44.5. The molecule has 0 aromatic rings. The van der Waals surface area contributed by atoms with Gasteiger partial charge in [-0.1, -0.05) is 76.2 Å². The van der Waals surface area contributed by atoms with Gasteiger partial charge in [-0.15, -0.1) is 0 Å². The molecule has 3 fully saturated rings. The minimum absolute atomic E-state index is 0.0179. The molecule has 0 radical (unpaired) electrons. The fourth-order valence-electron chi connectivity index (χ4n) is 12.4. The summed E-state index contributed by atoms with van der Waals surface area (Å²) in [5.74, 6) is -7.41. The summed E-state index contributed by atoms with van der Waals surface area (Å²) in [5.41, 5.74) is 11.1. The van der Waals surface area contributed by atoms with Crippen molar-refractivity contribution in [3.8, 4) is 0 Å². The predicted molar refractivity (Wildman–Crippen MR) is 343 cm³/mol. The Hall–Kier alpha value is -4.25. The third-order valence-corrected chi connectivity index (χ3v) is 18.0. The molecule has 0 spiro atoms. The van der Waals surface area contributed by atoms with Gasteiger partial charge in [0.1, 0.15) is 18.3 Å². The van der Waals surface area contributed by atoms with Crippen LogP contribution < -0.4 is 5.32 Å². The first-order valence-electron chi connectivity index (χ1n) is 33.5. The minimum Gasteiger partial charge on any atom is -0.443 e. The van der Waals surface area contributed by atoms with Crippen LogP contribution in [0.15, 0.2) is 52.7 Å². The molecule has 5 N–H and O–H groups in total. The number of carbonyl (C=O) groups excluding carboxylic acids is 4. The molecule has 0 aromatic heterocycles. The number of Topliss-reactive ketones (excluding diaryl/α,β-unsaturated/α-hetero) is 2. The van der Waals surface area contributed by atoms with Gasteiger partial charge < -0.3 is 87.5 Å². The normalized spacial score (nSPS) is 33.5. The molecule has 3 unspecified atom stereocenters. The molecule has 2 amide bonds. The van der Waals surface area contributed by atoms with Crippen molar-refractivity contribution < 1.29 is 96.4 Å². The number of hydrogen-bond donors (Lipinski definition) is 5. The number of fused-ring (bicyclic) bond motifs is 3. The smallest absolute Gasteiger partial charge is 0.407 e. The van der Waals surface area contributed by atoms with E-state index in [-0.39, 0.29) is 55.9 Å². The zero-order chi connectivity index (χ0) is 67.4. The highest BCUT2D eigenvalue weighted by Gasteiger charge is 2.53. The number of allylic oxidation sites excluding steroid dienone is 5. The Bertz CT molecular complexity index is 2320. The summed E-state index contributed by atoms with van der Waals surface area (Å²) in [4.78, 5) is 60.1. The van der Waals surface area contributed by atoms with E-state index in [9.17, 15) is 45.1 Å². The molecule has 526 valence electrons. The van der Waals surface area contributed by atoms with Crippen LogP contribution in [-0.4, -0.2) is 236 Å². The number of piperidine rings is 1. The van der Waals surface area contributed by atoms with Crippen LogP contribution >= 0.6 is 0 Å². The van der Waals surface area contributed by atoms with Crippen LogP contribution in [0.4, 0.5) is 4.79 Å². The summed E-state index contributed by atoms with van der Waals surface area (Å²) >= 11 is 0. The lowest BCUT2D eigenvalue weighted by molar-refractivity contribution is -0.266. The first kappa shape index (κ1) is 80.2. The second-order valence-corrected chi connectivity index (χ2v) is 25.1. The van der Waals surface area contributed by atoms with E-state index in [4.69, 9.17) is 56.8 Å². The number of aliphatic hydroxyl groups excluding tert-OH is 3. The number of ketones is 2. The molecular weight excluding hydrogens is 1190 g/mol. The summed E-state index contributed by atoms with van der Waals surface area (Å²) in [6.07, 6.45) is 7.83. The fraction of sp³-hybridized carbons (Fsp3) is 0.821. The Morgan fingerprint density at radius 3 is 1.97 bits per heavy atom. The molecule has 3 heterocycles. The van der Waals surface area contributed by atoms with Gasteiger partial charge in [-0.25, -0.2) is 4.79 Å². The predicted octanol–water partition coefficient (Wildman–Crippen LogP) is 7.30. The van der Waals surface area contributed by atoms with Crippen molar-refractivity contribution in [2.75, 3.05) is 120 Å². The number of hydrogen-bond acceptors (Lipinski definition) is 21. The van der Waals surface area contributed by atoms with Gasteiger partial charge in [-0.2, -0.15) is 0 Å². The van der Waals surface area contributed by atoms with Crippen LogP contribution in [0.25, 0.3) is 10.4 Å². The van der Waals surface area contributed by atoms with E-state index in [0.717, 1.165) is 5.57 Å². The van der Waals surface area contributed by atoms with Crippen LogP contribution in [-0.2, 0) is 71.2 Å². The Balaban J connectivity index is 1.40. The van der Waals surface area contributed by atoms with Gasteiger partial charge >= 0.3 is 6.09 Å². The van der Waals surface area contributed by atoms with Gasteiger partial charge in [0.15, 0.2) is 12.1 Å². The third-order valence-electron chi connectivity index (χ3n) is 18.0. The molecule has 0 aromatic carbocycles. The summed E-state index contributed by atoms with van der Waals surface area (Å²) < 4.78 is 68.9. The van der Waals surface area contributed by atoms with Crippen LogP contribution in [0, 0.1) is 35.5 Å². The highest BCUT2D eigenvalue weighted by atomic mass is 16.6. The van der Waals surface area contributed by atoms with Gasteiger partial charge in [0.2, 0.25) is 5.79 Å². The lowest BCUT2D eigenvalue weighted by Gasteiger charge is -2.44. The van der Waals surface area contributed by atoms with Crippen molar-refractivity contribution in [3.05, 3.63) is 58.0 Å². The molecule has 3 aliphatic heterocycles. The molecule has 17 atom stereocenters. The molecular formula is C67H113N5O20. The van der Waals surface area contributed by atoms with Crippen LogP contribution in [0.5, 0.6) is 0 Å². The molecule has 1 saturated carbocycles. The van der Waals surface area contributed by atoms with Gasteiger partial charge in [0.05, 0.1) is 116 Å². The number of carbonyl (C=O) groups is 4. The number of ether oxygens (including phenoxy) is 12. The average molecular weight is 1310 g/mol. The molecule has 4 aliphatic rings. The molecule has 1 aliphatic carbocycles. The quantitative estimate of drug-likeness (QED) is 0.0122. The van der Waals surface area contributed by atoms with Gasteiger partial charge in [0, 0.05) is 63.1 Å². The standard InChI is InChI=1S/C67H113N5O20/c1-11-83-27-28-85-31-32-87-35-36-89-38-37-88-34-33-86-30-29-84-26-24-69-66(79)91-56-23-21-52(42-59(56)82-10)41-48(5)58-44-54(70-71-68)47(4)40-50(7)61(74)62(75)60(73)49(6)39-45(2)17-13-12-14-18-46(3)57(81-9)43-53-22-20-51(8)67(80,92-53)63(76)64(77)72-25-16-15-19-55(72)65(78)90-58/h12-14,17-18,40,45,47-49,51-59,61-62,65,74-75,78,80H,11,15-16,19-39,41-44H2,1-10H3,(H,69,79)/b14-12+,17-13+,46-18+,50-40+/t45-,47-,48-,49-,51-,52+,53+,54?,55+,56-,57?,58+,59-,61-,62+,65?,67-/m1/s1. The monoisotopic (exact) mass is 1310 g/mol. The number of methoxy groups -OCH3 is 2.